The Bertz CT molecular complexity index is 1500. The highest BCUT2D eigenvalue weighted by Crippen LogP contribution is 2.65. The zero-order valence-electron chi connectivity index (χ0n) is 20.0. The molecule has 5 aliphatic rings. The average molecular weight is 545 g/mol. The number of carbonyl (C=O) groups excluding carboxylic acids is 3. The monoisotopic (exact) mass is 544 g/mol. The van der Waals surface area contributed by atoms with Crippen molar-refractivity contribution in [1.82, 2.24) is 0 Å². The van der Waals surface area contributed by atoms with Crippen LogP contribution in [0.15, 0.2) is 78.9 Å². The van der Waals surface area contributed by atoms with Gasteiger partial charge in [0.1, 0.15) is 11.5 Å². The van der Waals surface area contributed by atoms with Crippen molar-refractivity contribution in [3.8, 4) is 11.5 Å². The van der Waals surface area contributed by atoms with Crippen LogP contribution < -0.4 is 15.0 Å². The van der Waals surface area contributed by atoms with E-state index in [1.807, 2.05) is 0 Å². The van der Waals surface area contributed by atoms with Crippen LogP contribution in [0.3, 0.4) is 0 Å². The lowest BCUT2D eigenvalue weighted by Crippen LogP contribution is -2.40. The Kier molecular flexibility index (Phi) is 5.39. The molecule has 1 aliphatic heterocycles. The number of amides is 3. The van der Waals surface area contributed by atoms with Crippen molar-refractivity contribution in [2.75, 3.05) is 10.2 Å². The normalized spacial score (nSPS) is 28.2. The van der Waals surface area contributed by atoms with Crippen LogP contribution in [0.25, 0.3) is 0 Å². The minimum absolute atomic E-state index is 0.140. The van der Waals surface area contributed by atoms with Gasteiger partial charge in [-0.2, -0.15) is 0 Å². The lowest BCUT2D eigenvalue weighted by atomic mass is 9.63. The fourth-order valence-corrected chi connectivity index (χ4v) is 6.94. The topological polar surface area (TPSA) is 75.7 Å². The zero-order valence-corrected chi connectivity index (χ0v) is 21.5. The molecule has 3 aromatic carbocycles. The predicted octanol–water partition coefficient (Wildman–Crippen LogP) is 6.60. The number of nitrogens with one attached hydrogen (secondary N) is 1. The molecule has 0 aromatic heterocycles. The highest BCUT2D eigenvalue weighted by Gasteiger charge is 2.67. The maximum Gasteiger partial charge on any atom is 0.255 e. The number of rotatable bonds is 5. The number of nitrogens with zero attached hydrogens (tertiary/aromatic N) is 1. The van der Waals surface area contributed by atoms with Gasteiger partial charge in [-0.15, -0.1) is 0 Å². The average Bonchev–Trinajstić information content (AvgIpc) is 3.69. The molecule has 1 saturated heterocycles. The summed E-state index contributed by atoms with van der Waals surface area (Å²) in [4.78, 5) is 41.2. The van der Waals surface area contributed by atoms with Crippen LogP contribution in [0.2, 0.25) is 10.0 Å². The summed E-state index contributed by atoms with van der Waals surface area (Å²) in [6.07, 6.45) is 5.42. The lowest BCUT2D eigenvalue weighted by Gasteiger charge is -2.37. The van der Waals surface area contributed by atoms with E-state index >= 15 is 0 Å². The van der Waals surface area contributed by atoms with Gasteiger partial charge in [0.15, 0.2) is 0 Å². The van der Waals surface area contributed by atoms with Gasteiger partial charge in [0.25, 0.3) is 5.91 Å². The van der Waals surface area contributed by atoms with E-state index in [0.717, 1.165) is 6.42 Å². The number of anilines is 2. The van der Waals surface area contributed by atoms with Crippen molar-refractivity contribution in [1.29, 1.82) is 0 Å². The van der Waals surface area contributed by atoms with E-state index in [1.165, 1.54) is 4.90 Å². The molecule has 2 bridgehead atoms. The van der Waals surface area contributed by atoms with Gasteiger partial charge in [-0.1, -0.05) is 41.4 Å². The van der Waals surface area contributed by atoms with E-state index in [1.54, 1.807) is 66.7 Å². The summed E-state index contributed by atoms with van der Waals surface area (Å²) >= 11 is 12.1. The summed E-state index contributed by atoms with van der Waals surface area (Å²) in [5.74, 6) is 1.23. The summed E-state index contributed by atoms with van der Waals surface area (Å²) in [7, 11) is 0. The van der Waals surface area contributed by atoms with Crippen LogP contribution in [-0.2, 0) is 9.59 Å². The molecule has 8 rings (SSSR count). The lowest BCUT2D eigenvalue weighted by molar-refractivity contribution is -0.124. The third-order valence-electron chi connectivity index (χ3n) is 8.26. The molecule has 38 heavy (non-hydrogen) atoms. The molecule has 1 heterocycles. The first-order chi connectivity index (χ1) is 18.4. The number of halogens is 2. The van der Waals surface area contributed by atoms with Crippen molar-refractivity contribution < 1.29 is 19.1 Å². The molecule has 190 valence electrons. The highest BCUT2D eigenvalue weighted by atomic mass is 35.5. The molecule has 2 saturated carbocycles. The second kappa shape index (κ2) is 8.72. The highest BCUT2D eigenvalue weighted by molar-refractivity contribution is 6.35. The SMILES string of the molecule is O=C(Nc1ccc(Oc2ccc(Cl)cc2Cl)cc1)c1cccc(N2C(=O)[C@@H]3[C@H]4C=C[C@@H]([C@@H]5C[C@@H]45)[C@H]3C2=O)c1. The predicted molar refractivity (Wildman–Crippen MR) is 145 cm³/mol. The Morgan fingerprint density at radius 1 is 0.868 bits per heavy atom. The van der Waals surface area contributed by atoms with Crippen LogP contribution in [-0.4, -0.2) is 17.7 Å². The largest absolute Gasteiger partial charge is 0.456 e. The van der Waals surface area contributed by atoms with E-state index in [4.69, 9.17) is 27.9 Å². The number of benzene rings is 3. The van der Waals surface area contributed by atoms with E-state index in [-0.39, 0.29) is 41.4 Å². The Hall–Kier alpha value is -3.61. The van der Waals surface area contributed by atoms with Gasteiger partial charge < -0.3 is 10.1 Å². The molecule has 3 amide bonds. The minimum Gasteiger partial charge on any atom is -0.456 e. The molecular formula is C30H22Cl2N2O4. The maximum absolute atomic E-state index is 13.4. The van der Waals surface area contributed by atoms with Crippen LogP contribution in [0.1, 0.15) is 16.8 Å². The van der Waals surface area contributed by atoms with Crippen molar-refractivity contribution >= 4 is 52.3 Å². The maximum atomic E-state index is 13.4. The van der Waals surface area contributed by atoms with Crippen LogP contribution >= 0.6 is 23.2 Å². The molecule has 6 nitrogen and oxygen atoms in total. The molecule has 8 heteroatoms. The van der Waals surface area contributed by atoms with E-state index in [9.17, 15) is 14.4 Å². The molecule has 6 atom stereocenters. The van der Waals surface area contributed by atoms with E-state index in [0.29, 0.717) is 50.3 Å². The summed E-state index contributed by atoms with van der Waals surface area (Å²) in [5, 5.41) is 3.77. The minimum atomic E-state index is -0.347. The quantitative estimate of drug-likeness (QED) is 0.290. The van der Waals surface area contributed by atoms with E-state index < -0.39 is 0 Å². The Balaban J connectivity index is 1.06. The first-order valence-corrected chi connectivity index (χ1v) is 13.3. The van der Waals surface area contributed by atoms with Crippen LogP contribution in [0.5, 0.6) is 11.5 Å². The van der Waals surface area contributed by atoms with Crippen LogP contribution in [0, 0.1) is 35.5 Å². The van der Waals surface area contributed by atoms with Gasteiger partial charge in [0.2, 0.25) is 11.8 Å². The van der Waals surface area contributed by atoms with Gasteiger partial charge in [-0.3, -0.25) is 14.4 Å². The van der Waals surface area contributed by atoms with Crippen LogP contribution in [0.4, 0.5) is 11.4 Å². The summed E-state index contributed by atoms with van der Waals surface area (Å²) in [5.41, 5.74) is 1.37. The summed E-state index contributed by atoms with van der Waals surface area (Å²) < 4.78 is 5.79. The number of carbonyl (C=O) groups is 3. The third kappa shape index (κ3) is 3.74. The Morgan fingerprint density at radius 3 is 2.21 bits per heavy atom. The van der Waals surface area contributed by atoms with Gasteiger partial charge in [-0.25, -0.2) is 4.90 Å². The molecule has 1 N–H and O–H groups in total. The molecular weight excluding hydrogens is 523 g/mol. The van der Waals surface area contributed by atoms with Crippen molar-refractivity contribution in [2.45, 2.75) is 6.42 Å². The number of hydrogen-bond acceptors (Lipinski definition) is 4. The van der Waals surface area contributed by atoms with E-state index in [2.05, 4.69) is 17.5 Å². The van der Waals surface area contributed by atoms with Crippen molar-refractivity contribution in [2.24, 2.45) is 35.5 Å². The molecule has 3 aromatic rings. The standard InChI is InChI=1S/C30H22Cl2N2O4/c31-16-4-11-25(24(32)13-16)38-19-7-5-17(6-8-19)33-28(35)15-2-1-3-18(12-15)34-29(36)26-20-9-10-21(23-14-22(20)23)27(26)30(34)37/h1-13,20-23,26-27H,14H2,(H,33,35)/t20-,21-,22-,23-,26+,27+/m0/s1. The van der Waals surface area contributed by atoms with Gasteiger partial charge in [0.05, 0.1) is 22.5 Å². The molecule has 0 unspecified atom stereocenters. The number of imide groups is 1. The molecule has 3 fully saturated rings. The molecule has 0 spiro atoms. The Morgan fingerprint density at radius 2 is 1.55 bits per heavy atom. The second-order valence-electron chi connectivity index (χ2n) is 10.4. The Labute approximate surface area is 229 Å². The third-order valence-corrected chi connectivity index (χ3v) is 8.79. The first-order valence-electron chi connectivity index (χ1n) is 12.6. The summed E-state index contributed by atoms with van der Waals surface area (Å²) in [6.45, 7) is 0. The number of allylic oxidation sites excluding steroid dienone is 2. The van der Waals surface area contributed by atoms with Crippen molar-refractivity contribution in [3.05, 3.63) is 94.5 Å². The smallest absolute Gasteiger partial charge is 0.255 e. The van der Waals surface area contributed by atoms with Gasteiger partial charge in [-0.05, 0) is 90.8 Å². The molecule has 4 aliphatic carbocycles. The fraction of sp³-hybridized carbons (Fsp3) is 0.233. The molecule has 0 radical (unpaired) electrons. The number of ether oxygens (including phenoxy) is 1. The van der Waals surface area contributed by atoms with Crippen molar-refractivity contribution in [3.63, 3.8) is 0 Å². The first kappa shape index (κ1) is 23.5. The fourth-order valence-electron chi connectivity index (χ4n) is 6.49. The summed E-state index contributed by atoms with van der Waals surface area (Å²) in [6, 6.07) is 18.5. The second-order valence-corrected chi connectivity index (χ2v) is 11.2. The zero-order chi connectivity index (χ0) is 26.1. The van der Waals surface area contributed by atoms with Gasteiger partial charge >= 0.3 is 0 Å². The number of hydrogen-bond donors (Lipinski definition) is 1. The van der Waals surface area contributed by atoms with Gasteiger partial charge in [0, 0.05) is 16.3 Å².